The third kappa shape index (κ3) is 2.49. The first-order chi connectivity index (χ1) is 12.9. The highest BCUT2D eigenvalue weighted by molar-refractivity contribution is 6.24. The second kappa shape index (κ2) is 6.19. The summed E-state index contributed by atoms with van der Waals surface area (Å²) in [7, 11) is 0. The van der Waals surface area contributed by atoms with Gasteiger partial charge in [0, 0.05) is 12.7 Å². The molecule has 0 radical (unpaired) electrons. The minimum atomic E-state index is 0.821. The lowest BCUT2D eigenvalue weighted by molar-refractivity contribution is 0.959. The largest absolute Gasteiger partial charge is 0.367 e. The summed E-state index contributed by atoms with van der Waals surface area (Å²) in [4.78, 5) is 4.69. The Balaban J connectivity index is 1.75. The van der Waals surface area contributed by atoms with Crippen molar-refractivity contribution in [3.63, 3.8) is 0 Å². The molecule has 0 saturated heterocycles. The maximum Gasteiger partial charge on any atom is 0.145 e. The number of rotatable bonds is 3. The summed E-state index contributed by atoms with van der Waals surface area (Å²) in [5, 5.41) is 7.17. The van der Waals surface area contributed by atoms with Crippen LogP contribution in [0.3, 0.4) is 0 Å². The quantitative estimate of drug-likeness (QED) is 0.572. The van der Waals surface area contributed by atoms with Gasteiger partial charge in [-0.15, -0.1) is 0 Å². The minimum Gasteiger partial charge on any atom is -0.367 e. The molecule has 0 aliphatic carbocycles. The first-order valence-electron chi connectivity index (χ1n) is 8.95. The molecule has 2 heterocycles. The number of benzene rings is 3. The van der Waals surface area contributed by atoms with Crippen LogP contribution in [0.1, 0.15) is 5.56 Å². The van der Waals surface area contributed by atoms with E-state index in [2.05, 4.69) is 95.0 Å². The van der Waals surface area contributed by atoms with Crippen LogP contribution >= 0.6 is 0 Å². The average Bonchev–Trinajstić information content (AvgIpc) is 3.36. The molecule has 1 aliphatic rings. The first kappa shape index (κ1) is 15.0. The molecule has 26 heavy (non-hydrogen) atoms. The van der Waals surface area contributed by atoms with Crippen molar-refractivity contribution in [3.8, 4) is 0 Å². The highest BCUT2D eigenvalue weighted by Gasteiger charge is 2.15. The van der Waals surface area contributed by atoms with Crippen molar-refractivity contribution in [1.82, 2.24) is 9.88 Å². The van der Waals surface area contributed by atoms with Gasteiger partial charge < -0.3 is 9.88 Å². The predicted molar refractivity (Wildman–Crippen MR) is 110 cm³/mol. The van der Waals surface area contributed by atoms with Gasteiger partial charge in [-0.05, 0) is 39.9 Å². The van der Waals surface area contributed by atoms with E-state index in [0.29, 0.717) is 0 Å². The summed E-state index contributed by atoms with van der Waals surface area (Å²) in [5.41, 5.74) is 3.47. The number of nitrogens with zero attached hydrogens (tertiary/aromatic N) is 2. The number of nitrogens with one attached hydrogen (secondary N) is 1. The third-order valence-electron chi connectivity index (χ3n) is 4.89. The van der Waals surface area contributed by atoms with Crippen molar-refractivity contribution in [2.24, 2.45) is 4.99 Å². The molecule has 0 bridgehead atoms. The number of hydrogen-bond donors (Lipinski definition) is 1. The van der Waals surface area contributed by atoms with Gasteiger partial charge in [-0.3, -0.25) is 4.99 Å². The molecule has 1 aliphatic heterocycles. The van der Waals surface area contributed by atoms with Crippen LogP contribution in [0.25, 0.3) is 33.4 Å². The number of para-hydroxylation sites is 1. The van der Waals surface area contributed by atoms with Gasteiger partial charge in [-0.25, -0.2) is 0 Å². The number of aliphatic imine (C=N–C) groups is 1. The molecule has 3 aromatic carbocycles. The zero-order valence-corrected chi connectivity index (χ0v) is 14.4. The molecule has 0 saturated carbocycles. The van der Waals surface area contributed by atoms with Crippen LogP contribution < -0.4 is 5.32 Å². The van der Waals surface area contributed by atoms with Crippen molar-refractivity contribution in [2.45, 2.75) is 0 Å². The Morgan fingerprint density at radius 1 is 0.885 bits per heavy atom. The molecule has 3 nitrogen and oxygen atoms in total. The van der Waals surface area contributed by atoms with E-state index < -0.39 is 0 Å². The molecule has 1 aromatic heterocycles. The minimum absolute atomic E-state index is 0.821. The second-order valence-electron chi connectivity index (χ2n) is 6.50. The van der Waals surface area contributed by atoms with Gasteiger partial charge in [0.15, 0.2) is 0 Å². The Bertz CT molecular complexity index is 1160. The fraction of sp³-hybridized carbons (Fsp3) is 0.0870. The maximum atomic E-state index is 4.69. The fourth-order valence-corrected chi connectivity index (χ4v) is 3.64. The molecule has 0 unspecified atom stereocenters. The summed E-state index contributed by atoms with van der Waals surface area (Å²) in [5.74, 6) is 0.958. The van der Waals surface area contributed by atoms with E-state index in [-0.39, 0.29) is 0 Å². The summed E-state index contributed by atoms with van der Waals surface area (Å²) in [6, 6.07) is 25.6. The van der Waals surface area contributed by atoms with E-state index in [1.165, 1.54) is 27.2 Å². The maximum absolute atomic E-state index is 4.69. The van der Waals surface area contributed by atoms with Crippen LogP contribution in [0.4, 0.5) is 0 Å². The molecule has 0 fully saturated rings. The Morgan fingerprint density at radius 2 is 1.69 bits per heavy atom. The topological polar surface area (TPSA) is 29.3 Å². The molecular formula is C23H19N3. The molecule has 126 valence electrons. The Morgan fingerprint density at radius 3 is 2.58 bits per heavy atom. The van der Waals surface area contributed by atoms with Crippen LogP contribution in [0, 0.1) is 0 Å². The van der Waals surface area contributed by atoms with Crippen LogP contribution in [-0.2, 0) is 0 Å². The zero-order chi connectivity index (χ0) is 17.3. The third-order valence-corrected chi connectivity index (χ3v) is 4.89. The molecule has 1 N–H and O–H groups in total. The van der Waals surface area contributed by atoms with Gasteiger partial charge in [-0.2, -0.15) is 0 Å². The molecule has 5 rings (SSSR count). The van der Waals surface area contributed by atoms with Crippen LogP contribution in [0.5, 0.6) is 0 Å². The van der Waals surface area contributed by atoms with Crippen LogP contribution in [0.15, 0.2) is 84.0 Å². The fourth-order valence-electron chi connectivity index (χ4n) is 3.64. The van der Waals surface area contributed by atoms with E-state index in [1.807, 2.05) is 0 Å². The van der Waals surface area contributed by atoms with Gasteiger partial charge in [0.05, 0.1) is 17.8 Å². The van der Waals surface area contributed by atoms with Gasteiger partial charge in [0.25, 0.3) is 0 Å². The molecule has 4 aromatic rings. The summed E-state index contributed by atoms with van der Waals surface area (Å²) in [6.45, 7) is 1.71. The number of hydrogen-bond acceptors (Lipinski definition) is 2. The highest BCUT2D eigenvalue weighted by atomic mass is 15.1. The van der Waals surface area contributed by atoms with Crippen molar-refractivity contribution >= 4 is 39.3 Å². The number of amidine groups is 1. The van der Waals surface area contributed by atoms with Gasteiger partial charge in [0.2, 0.25) is 0 Å². The lowest BCUT2D eigenvalue weighted by atomic mass is 10.0. The molecule has 0 atom stereocenters. The van der Waals surface area contributed by atoms with E-state index in [0.717, 1.165) is 24.6 Å². The van der Waals surface area contributed by atoms with E-state index >= 15 is 0 Å². The summed E-state index contributed by atoms with van der Waals surface area (Å²) in [6.07, 6.45) is 4.37. The van der Waals surface area contributed by atoms with Crippen molar-refractivity contribution in [1.29, 1.82) is 0 Å². The van der Waals surface area contributed by atoms with E-state index in [4.69, 9.17) is 4.99 Å². The van der Waals surface area contributed by atoms with Gasteiger partial charge in [-0.1, -0.05) is 60.7 Å². The van der Waals surface area contributed by atoms with Crippen molar-refractivity contribution in [3.05, 3.63) is 84.6 Å². The van der Waals surface area contributed by atoms with Crippen LogP contribution in [0.2, 0.25) is 0 Å². The first-order valence-corrected chi connectivity index (χ1v) is 8.95. The number of aromatic nitrogens is 1. The lowest BCUT2D eigenvalue weighted by Crippen LogP contribution is -2.22. The Kier molecular flexibility index (Phi) is 3.56. The zero-order valence-electron chi connectivity index (χ0n) is 14.4. The van der Waals surface area contributed by atoms with Gasteiger partial charge >= 0.3 is 0 Å². The smallest absolute Gasteiger partial charge is 0.145 e. The van der Waals surface area contributed by atoms with Crippen molar-refractivity contribution in [2.75, 3.05) is 13.1 Å². The average molecular weight is 337 g/mol. The monoisotopic (exact) mass is 337 g/mol. The molecular weight excluding hydrogens is 318 g/mol. The molecule has 0 spiro atoms. The predicted octanol–water partition coefficient (Wildman–Crippen LogP) is 4.79. The standard InChI is InChI=1S/C23H19N3/c1-3-10-20-17(6-1)8-5-9-19(20)16-22(23-24-13-14-25-23)26-15-12-18-7-2-4-11-21(18)26/h1-12,15-16H,13-14H2,(H,24,25)/b22-16-. The Labute approximate surface area is 152 Å². The van der Waals surface area contributed by atoms with Gasteiger partial charge in [0.1, 0.15) is 5.84 Å². The van der Waals surface area contributed by atoms with Crippen LogP contribution in [-0.4, -0.2) is 23.5 Å². The summed E-state index contributed by atoms with van der Waals surface area (Å²) < 4.78 is 2.23. The number of fused-ring (bicyclic) bond motifs is 2. The summed E-state index contributed by atoms with van der Waals surface area (Å²) >= 11 is 0. The van der Waals surface area contributed by atoms with Crippen molar-refractivity contribution < 1.29 is 0 Å². The Hall–Kier alpha value is -3.33. The highest BCUT2D eigenvalue weighted by Crippen LogP contribution is 2.26. The SMILES string of the molecule is C(=C(\C1=NCCN1)n1ccc2ccccc21)/c1cccc2ccccc12. The van der Waals surface area contributed by atoms with E-state index in [9.17, 15) is 0 Å². The normalized spacial score (nSPS) is 14.6. The lowest BCUT2D eigenvalue weighted by Gasteiger charge is -2.13. The molecule has 0 amide bonds. The van der Waals surface area contributed by atoms with E-state index in [1.54, 1.807) is 0 Å². The molecule has 3 heteroatoms. The second-order valence-corrected chi connectivity index (χ2v) is 6.50.